The number of rotatable bonds is 5. The Labute approximate surface area is 148 Å². The molecule has 0 radical (unpaired) electrons. The summed E-state index contributed by atoms with van der Waals surface area (Å²) < 4.78 is 10.7. The molecule has 0 amide bonds. The second kappa shape index (κ2) is 7.53. The Balaban J connectivity index is 1.73. The van der Waals surface area contributed by atoms with Crippen LogP contribution in [-0.2, 0) is 6.54 Å². The molecule has 1 aliphatic heterocycles. The number of methoxy groups -OCH3 is 2. The molecule has 4 nitrogen and oxygen atoms in total. The van der Waals surface area contributed by atoms with Gasteiger partial charge in [-0.2, -0.15) is 0 Å². The molecule has 1 aromatic carbocycles. The minimum absolute atomic E-state index is 0.741. The number of piperidine rings is 1. The van der Waals surface area contributed by atoms with E-state index in [9.17, 15) is 0 Å². The van der Waals surface area contributed by atoms with E-state index in [1.165, 1.54) is 19.5 Å². The Morgan fingerprint density at radius 3 is 2.50 bits per heavy atom. The first kappa shape index (κ1) is 17.2. The Bertz CT molecular complexity index is 676. The zero-order valence-electron chi connectivity index (χ0n) is 14.9. The number of nitrogens with zero attached hydrogens (tertiary/aromatic N) is 2. The van der Waals surface area contributed by atoms with Crippen LogP contribution >= 0.6 is 11.3 Å². The third kappa shape index (κ3) is 3.90. The van der Waals surface area contributed by atoms with Crippen LogP contribution in [0.5, 0.6) is 11.5 Å². The average Bonchev–Trinajstić information content (AvgIpc) is 3.01. The van der Waals surface area contributed by atoms with Gasteiger partial charge < -0.3 is 9.47 Å². The van der Waals surface area contributed by atoms with Crippen LogP contribution in [0.4, 0.5) is 0 Å². The topological polar surface area (TPSA) is 34.6 Å². The molecule has 24 heavy (non-hydrogen) atoms. The summed E-state index contributed by atoms with van der Waals surface area (Å²) in [6.07, 6.45) is 1.34. The van der Waals surface area contributed by atoms with Crippen LogP contribution in [0.25, 0.3) is 10.6 Å². The highest BCUT2D eigenvalue weighted by Crippen LogP contribution is 2.34. The first-order valence-electron chi connectivity index (χ1n) is 8.48. The van der Waals surface area contributed by atoms with Gasteiger partial charge in [-0.05, 0) is 36.5 Å². The third-order valence-electron chi connectivity index (χ3n) is 4.51. The predicted octanol–water partition coefficient (Wildman–Crippen LogP) is 4.31. The highest BCUT2D eigenvalue weighted by molar-refractivity contribution is 7.13. The van der Waals surface area contributed by atoms with E-state index in [-0.39, 0.29) is 0 Å². The highest BCUT2D eigenvalue weighted by atomic mass is 32.1. The minimum atomic E-state index is 0.741. The molecule has 0 spiro atoms. The fourth-order valence-electron chi connectivity index (χ4n) is 3.63. The van der Waals surface area contributed by atoms with E-state index >= 15 is 0 Å². The molecule has 3 rings (SSSR count). The molecule has 1 saturated heterocycles. The van der Waals surface area contributed by atoms with Gasteiger partial charge in [0.25, 0.3) is 0 Å². The molecule has 1 fully saturated rings. The predicted molar refractivity (Wildman–Crippen MR) is 98.9 cm³/mol. The van der Waals surface area contributed by atoms with Crippen LogP contribution in [0.2, 0.25) is 0 Å². The van der Waals surface area contributed by atoms with Gasteiger partial charge in [0.05, 0.1) is 19.9 Å². The quantitative estimate of drug-likeness (QED) is 0.808. The normalized spacial score (nSPS) is 21.7. The van der Waals surface area contributed by atoms with Gasteiger partial charge in [0.15, 0.2) is 11.5 Å². The first-order chi connectivity index (χ1) is 11.6. The zero-order valence-corrected chi connectivity index (χ0v) is 15.7. The van der Waals surface area contributed by atoms with E-state index in [1.54, 1.807) is 25.6 Å². The van der Waals surface area contributed by atoms with Crippen LogP contribution in [0.1, 0.15) is 26.0 Å². The maximum absolute atomic E-state index is 5.39. The van der Waals surface area contributed by atoms with Gasteiger partial charge in [-0.3, -0.25) is 4.90 Å². The summed E-state index contributed by atoms with van der Waals surface area (Å²) in [5.74, 6) is 3.04. The van der Waals surface area contributed by atoms with Crippen molar-refractivity contribution in [3.05, 3.63) is 29.3 Å². The van der Waals surface area contributed by atoms with E-state index in [2.05, 4.69) is 24.1 Å². The molecule has 0 saturated carbocycles. The fraction of sp³-hybridized carbons (Fsp3) is 0.526. The molecule has 0 unspecified atom stereocenters. The second-order valence-electron chi connectivity index (χ2n) is 6.85. The summed E-state index contributed by atoms with van der Waals surface area (Å²) in [6, 6.07) is 5.96. The van der Waals surface area contributed by atoms with E-state index < -0.39 is 0 Å². The van der Waals surface area contributed by atoms with Crippen molar-refractivity contribution in [2.45, 2.75) is 26.8 Å². The fourth-order valence-corrected chi connectivity index (χ4v) is 4.44. The summed E-state index contributed by atoms with van der Waals surface area (Å²) in [7, 11) is 3.31. The van der Waals surface area contributed by atoms with Crippen molar-refractivity contribution in [2.24, 2.45) is 11.8 Å². The van der Waals surface area contributed by atoms with Crippen molar-refractivity contribution in [2.75, 3.05) is 27.3 Å². The van der Waals surface area contributed by atoms with E-state index in [4.69, 9.17) is 14.5 Å². The lowest BCUT2D eigenvalue weighted by Gasteiger charge is -2.34. The number of hydrogen-bond donors (Lipinski definition) is 0. The van der Waals surface area contributed by atoms with Gasteiger partial charge in [-0.1, -0.05) is 13.8 Å². The lowest BCUT2D eigenvalue weighted by molar-refractivity contribution is 0.133. The lowest BCUT2D eigenvalue weighted by atomic mass is 9.92. The number of thiazole rings is 1. The Morgan fingerprint density at radius 2 is 1.83 bits per heavy atom. The molecule has 1 aromatic heterocycles. The summed E-state index contributed by atoms with van der Waals surface area (Å²) in [6.45, 7) is 7.98. The van der Waals surface area contributed by atoms with Crippen LogP contribution in [-0.4, -0.2) is 37.2 Å². The summed E-state index contributed by atoms with van der Waals surface area (Å²) >= 11 is 1.69. The molecule has 130 valence electrons. The third-order valence-corrected chi connectivity index (χ3v) is 5.45. The number of aromatic nitrogens is 1. The van der Waals surface area contributed by atoms with Gasteiger partial charge in [0.1, 0.15) is 5.01 Å². The van der Waals surface area contributed by atoms with E-state index in [1.807, 2.05) is 18.2 Å². The summed E-state index contributed by atoms with van der Waals surface area (Å²) in [5.41, 5.74) is 2.23. The highest BCUT2D eigenvalue weighted by Gasteiger charge is 2.22. The van der Waals surface area contributed by atoms with Crippen molar-refractivity contribution in [1.29, 1.82) is 0 Å². The number of benzene rings is 1. The van der Waals surface area contributed by atoms with Crippen molar-refractivity contribution in [1.82, 2.24) is 9.88 Å². The molecule has 0 aliphatic carbocycles. The lowest BCUT2D eigenvalue weighted by Crippen LogP contribution is -2.38. The van der Waals surface area contributed by atoms with Crippen molar-refractivity contribution >= 4 is 11.3 Å². The maximum atomic E-state index is 5.39. The summed E-state index contributed by atoms with van der Waals surface area (Å²) in [4.78, 5) is 7.37. The van der Waals surface area contributed by atoms with Crippen LogP contribution < -0.4 is 9.47 Å². The van der Waals surface area contributed by atoms with Gasteiger partial charge in [0, 0.05) is 30.6 Å². The van der Waals surface area contributed by atoms with E-state index in [0.717, 1.165) is 46.1 Å². The van der Waals surface area contributed by atoms with Crippen LogP contribution in [0, 0.1) is 11.8 Å². The van der Waals surface area contributed by atoms with Gasteiger partial charge in [-0.15, -0.1) is 11.3 Å². The Morgan fingerprint density at radius 1 is 1.12 bits per heavy atom. The molecule has 2 atom stereocenters. The van der Waals surface area contributed by atoms with Gasteiger partial charge in [0.2, 0.25) is 0 Å². The molecule has 2 heterocycles. The van der Waals surface area contributed by atoms with Crippen molar-refractivity contribution in [3.8, 4) is 22.1 Å². The molecule has 2 aromatic rings. The molecule has 0 bridgehead atoms. The maximum Gasteiger partial charge on any atom is 0.161 e. The van der Waals surface area contributed by atoms with Gasteiger partial charge in [-0.25, -0.2) is 4.98 Å². The molecular weight excluding hydrogens is 320 g/mol. The van der Waals surface area contributed by atoms with Crippen LogP contribution in [0.3, 0.4) is 0 Å². The minimum Gasteiger partial charge on any atom is -0.493 e. The number of likely N-dealkylation sites (tertiary alicyclic amines) is 1. The number of ether oxygens (including phenoxy) is 2. The Kier molecular flexibility index (Phi) is 5.41. The SMILES string of the molecule is COc1ccc(-c2nc(CN3C[C@H](C)C[C@H](C)C3)cs2)cc1OC. The molecule has 0 N–H and O–H groups in total. The Hall–Kier alpha value is -1.59. The van der Waals surface area contributed by atoms with Gasteiger partial charge >= 0.3 is 0 Å². The molecule has 5 heteroatoms. The monoisotopic (exact) mass is 346 g/mol. The first-order valence-corrected chi connectivity index (χ1v) is 9.36. The van der Waals surface area contributed by atoms with Crippen LogP contribution in [0.15, 0.2) is 23.6 Å². The summed E-state index contributed by atoms with van der Waals surface area (Å²) in [5, 5.41) is 3.21. The van der Waals surface area contributed by atoms with Crippen molar-refractivity contribution < 1.29 is 9.47 Å². The number of hydrogen-bond acceptors (Lipinski definition) is 5. The van der Waals surface area contributed by atoms with Crippen molar-refractivity contribution in [3.63, 3.8) is 0 Å². The standard InChI is InChI=1S/C19H26N2O2S/c1-13-7-14(2)10-21(9-13)11-16-12-24-19(20-16)15-5-6-17(22-3)18(8-15)23-4/h5-6,8,12-14H,7,9-11H2,1-4H3/t13-,14+. The largest absolute Gasteiger partial charge is 0.493 e. The average molecular weight is 346 g/mol. The smallest absolute Gasteiger partial charge is 0.161 e. The zero-order chi connectivity index (χ0) is 17.1. The second-order valence-corrected chi connectivity index (χ2v) is 7.71. The molecular formula is C19H26N2O2S. The van der Waals surface area contributed by atoms with E-state index in [0.29, 0.717) is 0 Å². The molecule has 1 aliphatic rings.